The maximum absolute atomic E-state index is 12.4. The summed E-state index contributed by atoms with van der Waals surface area (Å²) in [5.74, 6) is -0.764. The fraction of sp³-hybridized carbons (Fsp3) is 0.500. The van der Waals surface area contributed by atoms with Crippen molar-refractivity contribution < 1.29 is 19.1 Å². The molecule has 24 heavy (non-hydrogen) atoms. The number of esters is 1. The molecule has 1 aromatic rings. The van der Waals surface area contributed by atoms with Gasteiger partial charge in [-0.15, -0.1) is 0 Å². The monoisotopic (exact) mass is 332 g/mol. The van der Waals surface area contributed by atoms with Gasteiger partial charge in [0.15, 0.2) is 0 Å². The van der Waals surface area contributed by atoms with Crippen LogP contribution in [0.1, 0.15) is 49.4 Å². The predicted molar refractivity (Wildman–Crippen MR) is 90.6 cm³/mol. The number of amides is 2. The van der Waals surface area contributed by atoms with Crippen molar-refractivity contribution in [3.05, 3.63) is 29.8 Å². The molecule has 0 aliphatic heterocycles. The summed E-state index contributed by atoms with van der Waals surface area (Å²) in [6, 6.07) is 5.94. The van der Waals surface area contributed by atoms with Gasteiger partial charge in [0, 0.05) is 18.2 Å². The molecule has 0 spiro atoms. The number of anilines is 1. The molecule has 0 radical (unpaired) electrons. The second-order valence-corrected chi connectivity index (χ2v) is 6.13. The normalized spacial score (nSPS) is 16.1. The van der Waals surface area contributed by atoms with Crippen LogP contribution in [-0.2, 0) is 14.3 Å². The molecule has 1 aliphatic carbocycles. The number of carbonyl (C=O) groups is 3. The van der Waals surface area contributed by atoms with E-state index >= 15 is 0 Å². The lowest BCUT2D eigenvalue weighted by Crippen LogP contribution is -2.47. The second-order valence-electron chi connectivity index (χ2n) is 6.13. The minimum Gasteiger partial charge on any atom is -0.467 e. The predicted octanol–water partition coefficient (Wildman–Crippen LogP) is 2.50. The van der Waals surface area contributed by atoms with Crippen LogP contribution in [-0.4, -0.2) is 30.9 Å². The van der Waals surface area contributed by atoms with Crippen molar-refractivity contribution in [2.24, 2.45) is 5.92 Å². The Morgan fingerprint density at radius 3 is 2.25 bits per heavy atom. The van der Waals surface area contributed by atoms with E-state index in [1.807, 2.05) is 0 Å². The van der Waals surface area contributed by atoms with Crippen LogP contribution in [0.3, 0.4) is 0 Å². The number of benzene rings is 1. The molecule has 0 bridgehead atoms. The lowest BCUT2D eigenvalue weighted by Gasteiger charge is -2.29. The third-order valence-electron chi connectivity index (χ3n) is 4.33. The first-order valence-corrected chi connectivity index (χ1v) is 8.27. The van der Waals surface area contributed by atoms with Crippen molar-refractivity contribution in [3.63, 3.8) is 0 Å². The number of hydrogen-bond acceptors (Lipinski definition) is 4. The van der Waals surface area contributed by atoms with E-state index in [0.29, 0.717) is 11.3 Å². The number of rotatable bonds is 5. The molecule has 2 rings (SSSR count). The summed E-state index contributed by atoms with van der Waals surface area (Å²) < 4.78 is 4.86. The Hall–Kier alpha value is -2.37. The van der Waals surface area contributed by atoms with Gasteiger partial charge in [0.25, 0.3) is 5.91 Å². The maximum atomic E-state index is 12.4. The molecule has 130 valence electrons. The van der Waals surface area contributed by atoms with Gasteiger partial charge < -0.3 is 15.4 Å². The lowest BCUT2D eigenvalue weighted by atomic mass is 9.83. The van der Waals surface area contributed by atoms with Gasteiger partial charge in [-0.05, 0) is 43.0 Å². The van der Waals surface area contributed by atoms with Crippen LogP contribution in [0.5, 0.6) is 0 Å². The zero-order valence-electron chi connectivity index (χ0n) is 14.1. The van der Waals surface area contributed by atoms with Crippen LogP contribution in [0.4, 0.5) is 5.69 Å². The molecule has 1 aromatic carbocycles. The first-order valence-electron chi connectivity index (χ1n) is 8.27. The van der Waals surface area contributed by atoms with E-state index in [-0.39, 0.29) is 17.7 Å². The zero-order valence-corrected chi connectivity index (χ0v) is 14.1. The van der Waals surface area contributed by atoms with Crippen molar-refractivity contribution in [1.29, 1.82) is 0 Å². The van der Waals surface area contributed by atoms with E-state index in [0.717, 1.165) is 25.7 Å². The number of nitrogens with one attached hydrogen (secondary N) is 2. The van der Waals surface area contributed by atoms with Crippen molar-refractivity contribution in [2.45, 2.75) is 45.1 Å². The van der Waals surface area contributed by atoms with Crippen LogP contribution in [0.2, 0.25) is 0 Å². The van der Waals surface area contributed by atoms with E-state index < -0.39 is 12.0 Å². The molecule has 1 saturated carbocycles. The Morgan fingerprint density at radius 2 is 1.71 bits per heavy atom. The van der Waals surface area contributed by atoms with Crippen molar-refractivity contribution >= 4 is 23.5 Å². The molecule has 1 aliphatic rings. The van der Waals surface area contributed by atoms with Crippen LogP contribution in [0, 0.1) is 5.92 Å². The summed E-state index contributed by atoms with van der Waals surface area (Å²) >= 11 is 0. The molecule has 0 unspecified atom stereocenters. The molecular formula is C18H24N2O4. The Bertz CT molecular complexity index is 592. The zero-order chi connectivity index (χ0) is 17.5. The van der Waals surface area contributed by atoms with Gasteiger partial charge in [-0.2, -0.15) is 0 Å². The van der Waals surface area contributed by atoms with Gasteiger partial charge in [0.1, 0.15) is 6.04 Å². The highest BCUT2D eigenvalue weighted by Gasteiger charge is 2.31. The molecule has 2 N–H and O–H groups in total. The summed E-state index contributed by atoms with van der Waals surface area (Å²) in [4.78, 5) is 35.5. The fourth-order valence-corrected chi connectivity index (χ4v) is 3.10. The first kappa shape index (κ1) is 18.0. The van der Waals surface area contributed by atoms with Gasteiger partial charge in [-0.25, -0.2) is 4.79 Å². The average Bonchev–Trinajstić information content (AvgIpc) is 2.59. The summed E-state index contributed by atoms with van der Waals surface area (Å²) in [6.45, 7) is 1.42. The Labute approximate surface area is 142 Å². The quantitative estimate of drug-likeness (QED) is 0.811. The minimum atomic E-state index is -0.613. The first-order chi connectivity index (χ1) is 11.5. The molecular weight excluding hydrogens is 308 g/mol. The van der Waals surface area contributed by atoms with Crippen LogP contribution >= 0.6 is 0 Å². The molecule has 2 amide bonds. The molecule has 1 atom stereocenters. The van der Waals surface area contributed by atoms with Crippen LogP contribution in [0.15, 0.2) is 24.3 Å². The number of methoxy groups -OCH3 is 1. The van der Waals surface area contributed by atoms with E-state index in [4.69, 9.17) is 4.74 Å². The van der Waals surface area contributed by atoms with E-state index in [9.17, 15) is 14.4 Å². The molecule has 0 aromatic heterocycles. The van der Waals surface area contributed by atoms with Gasteiger partial charge in [0.05, 0.1) is 7.11 Å². The minimum absolute atomic E-state index is 0.119. The lowest BCUT2D eigenvalue weighted by molar-refractivity contribution is -0.144. The summed E-state index contributed by atoms with van der Waals surface area (Å²) in [7, 11) is 1.34. The summed E-state index contributed by atoms with van der Waals surface area (Å²) in [5, 5.41) is 5.46. The highest BCUT2D eigenvalue weighted by molar-refractivity contribution is 5.97. The maximum Gasteiger partial charge on any atom is 0.328 e. The molecule has 0 heterocycles. The van der Waals surface area contributed by atoms with Crippen LogP contribution < -0.4 is 10.6 Å². The van der Waals surface area contributed by atoms with Gasteiger partial charge in [-0.3, -0.25) is 9.59 Å². The summed E-state index contributed by atoms with van der Waals surface area (Å²) in [5.41, 5.74) is 1.06. The topological polar surface area (TPSA) is 84.5 Å². The van der Waals surface area contributed by atoms with Crippen LogP contribution in [0.25, 0.3) is 0 Å². The highest BCUT2D eigenvalue weighted by atomic mass is 16.5. The Morgan fingerprint density at radius 1 is 1.08 bits per heavy atom. The number of carbonyl (C=O) groups excluding carboxylic acids is 3. The second kappa shape index (κ2) is 8.47. The molecule has 0 saturated heterocycles. The van der Waals surface area contributed by atoms with Crippen molar-refractivity contribution in [3.8, 4) is 0 Å². The number of hydrogen-bond donors (Lipinski definition) is 2. The van der Waals surface area contributed by atoms with Gasteiger partial charge >= 0.3 is 5.97 Å². The molecule has 6 nitrogen and oxygen atoms in total. The Kier molecular flexibility index (Phi) is 6.35. The SMILES string of the molecule is COC(=O)[C@H](NC(=O)c1ccc(NC(C)=O)cc1)C1CCCCC1. The molecule has 6 heteroatoms. The Balaban J connectivity index is 2.06. The highest BCUT2D eigenvalue weighted by Crippen LogP contribution is 2.27. The van der Waals surface area contributed by atoms with Crippen molar-refractivity contribution in [1.82, 2.24) is 5.32 Å². The standard InChI is InChI=1S/C18H24N2O4/c1-12(21)19-15-10-8-14(9-11-15)17(22)20-16(18(23)24-2)13-6-4-3-5-7-13/h8-11,13,16H,3-7H2,1-2H3,(H,19,21)(H,20,22)/t16-/m1/s1. The summed E-state index contributed by atoms with van der Waals surface area (Å²) in [6.07, 6.45) is 5.14. The van der Waals surface area contributed by atoms with E-state index in [1.165, 1.54) is 20.5 Å². The van der Waals surface area contributed by atoms with Gasteiger partial charge in [-0.1, -0.05) is 19.3 Å². The third-order valence-corrected chi connectivity index (χ3v) is 4.33. The smallest absolute Gasteiger partial charge is 0.328 e. The van der Waals surface area contributed by atoms with E-state index in [1.54, 1.807) is 24.3 Å². The average molecular weight is 332 g/mol. The van der Waals surface area contributed by atoms with E-state index in [2.05, 4.69) is 10.6 Å². The van der Waals surface area contributed by atoms with Gasteiger partial charge in [0.2, 0.25) is 5.91 Å². The number of ether oxygens (including phenoxy) is 1. The molecule has 1 fully saturated rings. The largest absolute Gasteiger partial charge is 0.467 e. The van der Waals surface area contributed by atoms with Crippen molar-refractivity contribution in [2.75, 3.05) is 12.4 Å². The fourth-order valence-electron chi connectivity index (χ4n) is 3.10. The third kappa shape index (κ3) is 4.81.